The summed E-state index contributed by atoms with van der Waals surface area (Å²) in [6.07, 6.45) is 4.42. The van der Waals surface area contributed by atoms with Crippen LogP contribution in [0.5, 0.6) is 0 Å². The zero-order valence-electron chi connectivity index (χ0n) is 14.5. The Labute approximate surface area is 148 Å². The lowest BCUT2D eigenvalue weighted by Gasteiger charge is -2.17. The van der Waals surface area contributed by atoms with Gasteiger partial charge in [0.1, 0.15) is 0 Å². The number of carbonyl (C=O) groups is 1. The molecule has 0 saturated carbocycles. The number of fused-ring (bicyclic) bond motifs is 1. The molecule has 1 heterocycles. The van der Waals surface area contributed by atoms with Crippen LogP contribution in [-0.2, 0) is 17.8 Å². The molecule has 2 aromatic carbocycles. The molecule has 4 heteroatoms. The maximum absolute atomic E-state index is 12.1. The third-order valence-corrected chi connectivity index (χ3v) is 4.27. The molecule has 0 atom stereocenters. The number of nitrogens with one attached hydrogen (secondary N) is 1. The lowest BCUT2D eigenvalue weighted by Crippen LogP contribution is -2.35. The maximum atomic E-state index is 12.1. The molecular weight excluding hydrogens is 310 g/mol. The maximum Gasteiger partial charge on any atom is 0.234 e. The highest BCUT2D eigenvalue weighted by Gasteiger charge is 2.08. The van der Waals surface area contributed by atoms with Gasteiger partial charge in [0.15, 0.2) is 0 Å². The van der Waals surface area contributed by atoms with E-state index in [1.54, 1.807) is 12.4 Å². The first kappa shape index (κ1) is 17.1. The zero-order valence-corrected chi connectivity index (χ0v) is 14.5. The van der Waals surface area contributed by atoms with Crippen LogP contribution >= 0.6 is 0 Å². The van der Waals surface area contributed by atoms with Crippen LogP contribution in [-0.4, -0.2) is 35.9 Å². The minimum atomic E-state index is 0.0317. The van der Waals surface area contributed by atoms with Crippen LogP contribution in [0, 0.1) is 0 Å². The number of pyridine rings is 1. The molecule has 3 rings (SSSR count). The molecule has 4 nitrogen and oxygen atoms in total. The Kier molecular flexibility index (Phi) is 5.75. The van der Waals surface area contributed by atoms with E-state index in [1.165, 1.54) is 16.3 Å². The number of hydrogen-bond acceptors (Lipinski definition) is 3. The van der Waals surface area contributed by atoms with Gasteiger partial charge in [0.25, 0.3) is 0 Å². The molecule has 0 radical (unpaired) electrons. The molecule has 0 fully saturated rings. The smallest absolute Gasteiger partial charge is 0.234 e. The molecule has 0 aliphatic heterocycles. The summed E-state index contributed by atoms with van der Waals surface area (Å²) >= 11 is 0. The monoisotopic (exact) mass is 333 g/mol. The highest BCUT2D eigenvalue weighted by molar-refractivity contribution is 5.85. The SMILES string of the molecule is CN(CCc1cccc2ccccc12)CC(=O)NCc1cccnc1. The average Bonchev–Trinajstić information content (AvgIpc) is 2.65. The van der Waals surface area contributed by atoms with Gasteiger partial charge in [-0.05, 0) is 41.4 Å². The number of hydrogen-bond donors (Lipinski definition) is 1. The molecule has 0 unspecified atom stereocenters. The third kappa shape index (κ3) is 4.88. The number of amides is 1. The second kappa shape index (κ2) is 8.40. The lowest BCUT2D eigenvalue weighted by atomic mass is 10.0. The van der Waals surface area contributed by atoms with Crippen molar-refractivity contribution < 1.29 is 4.79 Å². The fraction of sp³-hybridized carbons (Fsp3) is 0.238. The number of nitrogens with zero attached hydrogens (tertiary/aromatic N) is 2. The highest BCUT2D eigenvalue weighted by atomic mass is 16.2. The van der Waals surface area contributed by atoms with Crippen LogP contribution in [0.4, 0.5) is 0 Å². The molecule has 0 bridgehead atoms. The molecule has 0 spiro atoms. The summed E-state index contributed by atoms with van der Waals surface area (Å²) in [6, 6.07) is 18.6. The number of rotatable bonds is 7. The molecule has 1 aromatic heterocycles. The van der Waals surface area contributed by atoms with E-state index in [9.17, 15) is 4.79 Å². The van der Waals surface area contributed by atoms with Crippen molar-refractivity contribution in [3.05, 3.63) is 78.1 Å². The minimum Gasteiger partial charge on any atom is -0.351 e. The van der Waals surface area contributed by atoms with Crippen molar-refractivity contribution in [3.63, 3.8) is 0 Å². The van der Waals surface area contributed by atoms with Crippen molar-refractivity contribution in [1.29, 1.82) is 0 Å². The molecule has 1 amide bonds. The van der Waals surface area contributed by atoms with Gasteiger partial charge in [0, 0.05) is 25.5 Å². The van der Waals surface area contributed by atoms with Crippen LogP contribution in [0.15, 0.2) is 67.0 Å². The molecular formula is C21H23N3O. The Morgan fingerprint density at radius 2 is 1.92 bits per heavy atom. The Hall–Kier alpha value is -2.72. The molecule has 1 N–H and O–H groups in total. The predicted molar refractivity (Wildman–Crippen MR) is 101 cm³/mol. The van der Waals surface area contributed by atoms with Crippen LogP contribution in [0.2, 0.25) is 0 Å². The van der Waals surface area contributed by atoms with Gasteiger partial charge in [0.05, 0.1) is 6.54 Å². The van der Waals surface area contributed by atoms with Gasteiger partial charge >= 0.3 is 0 Å². The summed E-state index contributed by atoms with van der Waals surface area (Å²) in [6.45, 7) is 1.75. The van der Waals surface area contributed by atoms with E-state index in [2.05, 4.69) is 57.7 Å². The van der Waals surface area contributed by atoms with Crippen molar-refractivity contribution in [2.75, 3.05) is 20.1 Å². The first-order valence-electron chi connectivity index (χ1n) is 8.53. The standard InChI is InChI=1S/C21H23N3O/c1-24(16-21(25)23-15-17-6-5-12-22-14-17)13-11-19-9-4-8-18-7-2-3-10-20(18)19/h2-10,12,14H,11,13,15-16H2,1H3,(H,23,25). The van der Waals surface area contributed by atoms with E-state index in [0.29, 0.717) is 13.1 Å². The fourth-order valence-corrected chi connectivity index (χ4v) is 2.91. The van der Waals surface area contributed by atoms with Crippen LogP contribution < -0.4 is 5.32 Å². The second-order valence-electron chi connectivity index (χ2n) is 6.26. The number of carbonyl (C=O) groups excluding carboxylic acids is 1. The summed E-state index contributed by atoms with van der Waals surface area (Å²) < 4.78 is 0. The van der Waals surface area contributed by atoms with Crippen molar-refractivity contribution in [3.8, 4) is 0 Å². The van der Waals surface area contributed by atoms with Crippen molar-refractivity contribution in [2.45, 2.75) is 13.0 Å². The predicted octanol–water partition coefficient (Wildman–Crippen LogP) is 3.03. The quantitative estimate of drug-likeness (QED) is 0.723. The van der Waals surface area contributed by atoms with Crippen molar-refractivity contribution >= 4 is 16.7 Å². The van der Waals surface area contributed by atoms with Crippen molar-refractivity contribution in [2.24, 2.45) is 0 Å². The van der Waals surface area contributed by atoms with Crippen LogP contribution in [0.3, 0.4) is 0 Å². The average molecular weight is 333 g/mol. The summed E-state index contributed by atoms with van der Waals surface area (Å²) in [5.41, 5.74) is 2.33. The number of likely N-dealkylation sites (N-methyl/N-ethyl adjacent to an activating group) is 1. The summed E-state index contributed by atoms with van der Waals surface area (Å²) in [5.74, 6) is 0.0317. The van der Waals surface area contributed by atoms with Crippen molar-refractivity contribution in [1.82, 2.24) is 15.2 Å². The Balaban J connectivity index is 1.49. The normalized spacial score (nSPS) is 11.0. The zero-order chi connectivity index (χ0) is 17.5. The molecule has 3 aromatic rings. The molecule has 0 saturated heterocycles. The molecule has 0 aliphatic carbocycles. The van der Waals surface area contributed by atoms with E-state index in [1.807, 2.05) is 19.2 Å². The Morgan fingerprint density at radius 3 is 2.76 bits per heavy atom. The Morgan fingerprint density at radius 1 is 1.08 bits per heavy atom. The first-order chi connectivity index (χ1) is 12.2. The van der Waals surface area contributed by atoms with Gasteiger partial charge < -0.3 is 5.32 Å². The first-order valence-corrected chi connectivity index (χ1v) is 8.53. The molecule has 128 valence electrons. The molecule has 0 aliphatic rings. The number of benzene rings is 2. The van der Waals surface area contributed by atoms with Gasteiger partial charge in [-0.15, -0.1) is 0 Å². The van der Waals surface area contributed by atoms with Crippen LogP contribution in [0.1, 0.15) is 11.1 Å². The van der Waals surface area contributed by atoms with E-state index < -0.39 is 0 Å². The lowest BCUT2D eigenvalue weighted by molar-refractivity contribution is -0.122. The number of aromatic nitrogens is 1. The Bertz CT molecular complexity index is 827. The van der Waals surface area contributed by atoms with E-state index in [0.717, 1.165) is 18.5 Å². The highest BCUT2D eigenvalue weighted by Crippen LogP contribution is 2.18. The van der Waals surface area contributed by atoms with Gasteiger partial charge in [-0.3, -0.25) is 14.7 Å². The van der Waals surface area contributed by atoms with Gasteiger partial charge in [-0.1, -0.05) is 48.5 Å². The van der Waals surface area contributed by atoms with Gasteiger partial charge in [0.2, 0.25) is 5.91 Å². The van der Waals surface area contributed by atoms with E-state index >= 15 is 0 Å². The summed E-state index contributed by atoms with van der Waals surface area (Å²) in [7, 11) is 1.98. The topological polar surface area (TPSA) is 45.2 Å². The second-order valence-corrected chi connectivity index (χ2v) is 6.26. The van der Waals surface area contributed by atoms with E-state index in [4.69, 9.17) is 0 Å². The third-order valence-electron chi connectivity index (χ3n) is 4.27. The molecule has 25 heavy (non-hydrogen) atoms. The van der Waals surface area contributed by atoms with Gasteiger partial charge in [-0.25, -0.2) is 0 Å². The van der Waals surface area contributed by atoms with E-state index in [-0.39, 0.29) is 5.91 Å². The minimum absolute atomic E-state index is 0.0317. The summed E-state index contributed by atoms with van der Waals surface area (Å²) in [5, 5.41) is 5.49. The largest absolute Gasteiger partial charge is 0.351 e. The van der Waals surface area contributed by atoms with Gasteiger partial charge in [-0.2, -0.15) is 0 Å². The fourth-order valence-electron chi connectivity index (χ4n) is 2.91. The summed E-state index contributed by atoms with van der Waals surface area (Å²) in [4.78, 5) is 18.2. The van der Waals surface area contributed by atoms with Crippen LogP contribution in [0.25, 0.3) is 10.8 Å².